The second kappa shape index (κ2) is 11.3. The summed E-state index contributed by atoms with van der Waals surface area (Å²) in [6.45, 7) is 4.66. The molecular formula is C27H30N2O6S. The minimum Gasteiger partial charge on any atom is -0.493 e. The molecule has 0 spiro atoms. The Labute approximate surface area is 212 Å². The van der Waals surface area contributed by atoms with Gasteiger partial charge in [-0.2, -0.15) is 0 Å². The van der Waals surface area contributed by atoms with Crippen LogP contribution >= 0.6 is 0 Å². The van der Waals surface area contributed by atoms with Crippen molar-refractivity contribution in [2.45, 2.75) is 31.3 Å². The molecule has 0 bridgehead atoms. The van der Waals surface area contributed by atoms with Crippen molar-refractivity contribution in [3.63, 3.8) is 0 Å². The molecule has 1 heterocycles. The fraction of sp³-hybridized carbons (Fsp3) is 0.259. The Morgan fingerprint density at radius 2 is 1.61 bits per heavy atom. The Kier molecular flexibility index (Phi) is 8.37. The molecule has 36 heavy (non-hydrogen) atoms. The Hall–Kier alpha value is -3.85. The number of carbonyl (C=O) groups excluding carboxylic acids is 1. The third-order valence-electron chi connectivity index (χ3n) is 5.00. The van der Waals surface area contributed by atoms with E-state index >= 15 is 0 Å². The molecule has 0 unspecified atom stereocenters. The molecule has 0 aliphatic rings. The summed E-state index contributed by atoms with van der Waals surface area (Å²) in [6.07, 6.45) is 6.97. The molecule has 0 saturated carbocycles. The van der Waals surface area contributed by atoms with Gasteiger partial charge in [0, 0.05) is 18.5 Å². The van der Waals surface area contributed by atoms with Crippen LogP contribution in [-0.2, 0) is 19.6 Å². The lowest BCUT2D eigenvalue weighted by atomic mass is 10.1. The van der Waals surface area contributed by atoms with Gasteiger partial charge in [-0.15, -0.1) is 0 Å². The van der Waals surface area contributed by atoms with E-state index in [1.807, 2.05) is 18.2 Å². The van der Waals surface area contributed by atoms with Crippen LogP contribution in [0.5, 0.6) is 11.5 Å². The normalized spacial score (nSPS) is 11.8. The summed E-state index contributed by atoms with van der Waals surface area (Å²) in [5, 5.41) is 0. The molecule has 9 heteroatoms. The lowest BCUT2D eigenvalue weighted by Crippen LogP contribution is -2.39. The van der Waals surface area contributed by atoms with E-state index in [0.29, 0.717) is 17.0 Å². The molecule has 0 saturated heterocycles. The number of esters is 1. The van der Waals surface area contributed by atoms with E-state index in [4.69, 9.17) is 14.2 Å². The van der Waals surface area contributed by atoms with E-state index < -0.39 is 28.1 Å². The van der Waals surface area contributed by atoms with Crippen molar-refractivity contribution >= 4 is 33.8 Å². The van der Waals surface area contributed by atoms with Gasteiger partial charge in [0.15, 0.2) is 11.5 Å². The predicted octanol–water partition coefficient (Wildman–Crippen LogP) is 4.81. The van der Waals surface area contributed by atoms with Crippen LogP contribution in [0.15, 0.2) is 71.9 Å². The van der Waals surface area contributed by atoms with Crippen LogP contribution in [0, 0.1) is 0 Å². The largest absolute Gasteiger partial charge is 0.493 e. The number of nitrogens with zero attached hydrogens (tertiary/aromatic N) is 2. The zero-order valence-electron chi connectivity index (χ0n) is 21.0. The molecule has 0 atom stereocenters. The van der Waals surface area contributed by atoms with Crippen molar-refractivity contribution < 1.29 is 27.4 Å². The van der Waals surface area contributed by atoms with Crippen LogP contribution in [0.3, 0.4) is 0 Å². The van der Waals surface area contributed by atoms with Gasteiger partial charge in [0.1, 0.15) is 12.1 Å². The standard InChI is InChI=1S/C27H30N2O6S/c1-27(2,3)35-26(30)19-29(36(31,32)22-12-13-24(33-4)25(18-22)34-5)23-9-7-6-8-21(23)11-10-20-14-16-28-17-15-20/h6-18H,19H2,1-5H3/b11-10+. The van der Waals surface area contributed by atoms with Crippen LogP contribution < -0.4 is 13.8 Å². The molecule has 2 aromatic carbocycles. The summed E-state index contributed by atoms with van der Waals surface area (Å²) in [7, 11) is -1.33. The maximum Gasteiger partial charge on any atom is 0.327 e. The minimum absolute atomic E-state index is 0.0587. The lowest BCUT2D eigenvalue weighted by molar-refractivity contribution is -0.152. The van der Waals surface area contributed by atoms with Crippen molar-refractivity contribution in [2.75, 3.05) is 25.1 Å². The van der Waals surface area contributed by atoms with Gasteiger partial charge in [-0.3, -0.25) is 14.1 Å². The van der Waals surface area contributed by atoms with E-state index in [1.165, 1.54) is 32.4 Å². The highest BCUT2D eigenvalue weighted by atomic mass is 32.2. The molecule has 0 amide bonds. The van der Waals surface area contributed by atoms with E-state index in [2.05, 4.69) is 4.98 Å². The highest BCUT2D eigenvalue weighted by Crippen LogP contribution is 2.33. The number of sulfonamides is 1. The average molecular weight is 511 g/mol. The van der Waals surface area contributed by atoms with Gasteiger partial charge in [0.25, 0.3) is 10.0 Å². The lowest BCUT2D eigenvalue weighted by Gasteiger charge is -2.27. The predicted molar refractivity (Wildman–Crippen MR) is 140 cm³/mol. The van der Waals surface area contributed by atoms with Crippen LogP contribution in [-0.4, -0.2) is 45.7 Å². The highest BCUT2D eigenvalue weighted by Gasteiger charge is 2.31. The van der Waals surface area contributed by atoms with Gasteiger partial charge >= 0.3 is 5.97 Å². The van der Waals surface area contributed by atoms with Crippen LogP contribution in [0.25, 0.3) is 12.2 Å². The summed E-state index contributed by atoms with van der Waals surface area (Å²) in [6, 6.07) is 14.9. The van der Waals surface area contributed by atoms with Gasteiger partial charge in [-0.05, 0) is 62.2 Å². The third kappa shape index (κ3) is 6.63. The number of aromatic nitrogens is 1. The van der Waals surface area contributed by atoms with Gasteiger partial charge in [-0.25, -0.2) is 8.42 Å². The summed E-state index contributed by atoms with van der Waals surface area (Å²) in [5.41, 5.74) is 1.03. The molecule has 3 rings (SSSR count). The maximum atomic E-state index is 13.9. The number of anilines is 1. The average Bonchev–Trinajstić information content (AvgIpc) is 2.85. The Bertz CT molecular complexity index is 1330. The number of rotatable bonds is 9. The molecule has 0 radical (unpaired) electrons. The Balaban J connectivity index is 2.12. The first-order valence-corrected chi connectivity index (χ1v) is 12.6. The van der Waals surface area contributed by atoms with Crippen molar-refractivity contribution in [3.05, 3.63) is 78.1 Å². The SMILES string of the molecule is COc1ccc(S(=O)(=O)N(CC(=O)OC(C)(C)C)c2ccccc2/C=C/c2ccncc2)cc1OC. The van der Waals surface area contributed by atoms with Gasteiger partial charge in [-0.1, -0.05) is 30.4 Å². The molecule has 0 N–H and O–H groups in total. The van der Waals surface area contributed by atoms with E-state index in [-0.39, 0.29) is 10.6 Å². The number of methoxy groups -OCH3 is 2. The minimum atomic E-state index is -4.21. The van der Waals surface area contributed by atoms with Crippen molar-refractivity contribution in [1.29, 1.82) is 0 Å². The van der Waals surface area contributed by atoms with Crippen molar-refractivity contribution in [3.8, 4) is 11.5 Å². The summed E-state index contributed by atoms with van der Waals surface area (Å²) >= 11 is 0. The zero-order valence-corrected chi connectivity index (χ0v) is 21.8. The number of pyridine rings is 1. The monoisotopic (exact) mass is 510 g/mol. The topological polar surface area (TPSA) is 95.0 Å². The van der Waals surface area contributed by atoms with Gasteiger partial charge in [0.2, 0.25) is 0 Å². The molecule has 190 valence electrons. The summed E-state index contributed by atoms with van der Waals surface area (Å²) in [5.74, 6) is -0.0445. The smallest absolute Gasteiger partial charge is 0.327 e. The molecule has 0 fully saturated rings. The second-order valence-corrected chi connectivity index (χ2v) is 10.6. The molecule has 0 aliphatic heterocycles. The van der Waals surface area contributed by atoms with E-state index in [1.54, 1.807) is 63.5 Å². The first-order chi connectivity index (χ1) is 17.0. The maximum absolute atomic E-state index is 13.9. The van der Waals surface area contributed by atoms with Crippen LogP contribution in [0.1, 0.15) is 31.9 Å². The summed E-state index contributed by atoms with van der Waals surface area (Å²) < 4.78 is 44.9. The van der Waals surface area contributed by atoms with E-state index in [0.717, 1.165) is 9.87 Å². The molecule has 8 nitrogen and oxygen atoms in total. The van der Waals surface area contributed by atoms with Crippen molar-refractivity contribution in [1.82, 2.24) is 4.98 Å². The number of hydrogen-bond acceptors (Lipinski definition) is 7. The first kappa shape index (κ1) is 26.7. The fourth-order valence-corrected chi connectivity index (χ4v) is 4.86. The number of ether oxygens (including phenoxy) is 3. The fourth-order valence-electron chi connectivity index (χ4n) is 3.41. The third-order valence-corrected chi connectivity index (χ3v) is 6.76. The summed E-state index contributed by atoms with van der Waals surface area (Å²) in [4.78, 5) is 16.8. The molecule has 0 aliphatic carbocycles. The number of hydrogen-bond donors (Lipinski definition) is 0. The van der Waals surface area contributed by atoms with E-state index in [9.17, 15) is 13.2 Å². The number of carbonyl (C=O) groups is 1. The number of para-hydroxylation sites is 1. The second-order valence-electron chi connectivity index (χ2n) is 8.79. The van der Waals surface area contributed by atoms with Crippen LogP contribution in [0.4, 0.5) is 5.69 Å². The number of benzene rings is 2. The quantitative estimate of drug-likeness (QED) is 0.381. The Morgan fingerprint density at radius 1 is 0.944 bits per heavy atom. The molecule has 1 aromatic heterocycles. The molecular weight excluding hydrogens is 480 g/mol. The van der Waals surface area contributed by atoms with Gasteiger partial charge < -0.3 is 14.2 Å². The Morgan fingerprint density at radius 3 is 2.25 bits per heavy atom. The van der Waals surface area contributed by atoms with Crippen molar-refractivity contribution in [2.24, 2.45) is 0 Å². The first-order valence-electron chi connectivity index (χ1n) is 11.2. The molecule has 3 aromatic rings. The van der Waals surface area contributed by atoms with Gasteiger partial charge in [0.05, 0.1) is 24.8 Å². The van der Waals surface area contributed by atoms with Crippen LogP contribution in [0.2, 0.25) is 0 Å². The highest BCUT2D eigenvalue weighted by molar-refractivity contribution is 7.92. The zero-order chi connectivity index (χ0) is 26.3.